The normalized spacial score (nSPS) is 30.1. The quantitative estimate of drug-likeness (QED) is 0.0544. The zero-order valence-corrected chi connectivity index (χ0v) is 29.1. The van der Waals surface area contributed by atoms with Gasteiger partial charge in [-0.05, 0) is 0 Å². The molecule has 0 saturated carbocycles. The van der Waals surface area contributed by atoms with Crippen LogP contribution in [-0.2, 0) is 52.6 Å². The van der Waals surface area contributed by atoms with Crippen LogP contribution in [0.2, 0.25) is 0 Å². The first kappa shape index (κ1) is 38.4. The Hall–Kier alpha value is -3.33. The molecule has 8 N–H and O–H groups in total. The lowest BCUT2D eigenvalue weighted by molar-refractivity contribution is -0.745. The Morgan fingerprint density at radius 1 is 0.962 bits per heavy atom. The van der Waals surface area contributed by atoms with Crippen molar-refractivity contribution in [2.75, 3.05) is 31.8 Å². The fraction of sp³-hybridized carbons (Fsp3) is 0.545. The van der Waals surface area contributed by atoms with Gasteiger partial charge in [0.2, 0.25) is 11.7 Å². The van der Waals surface area contributed by atoms with E-state index in [1.807, 2.05) is 0 Å². The van der Waals surface area contributed by atoms with Gasteiger partial charge in [-0.1, -0.05) is 4.98 Å². The highest BCUT2D eigenvalue weighted by Crippen LogP contribution is 2.63. The summed E-state index contributed by atoms with van der Waals surface area (Å²) in [4.78, 5) is 67.5. The highest BCUT2D eigenvalue weighted by atomic mass is 31.3. The molecule has 2 aliphatic heterocycles. The fourth-order valence-electron chi connectivity index (χ4n) is 5.58. The van der Waals surface area contributed by atoms with Crippen molar-refractivity contribution in [2.24, 2.45) is 7.05 Å². The van der Waals surface area contributed by atoms with E-state index >= 15 is 0 Å². The second-order valence-electron chi connectivity index (χ2n) is 11.2. The Kier molecular flexibility index (Phi) is 10.4. The standard InChI is InChI=1S/C22H31N10O17P3/c1-30-7-32(18-11(30)19(36)29-22(24)28-18)20-14(35)12(33)8(46-20)3-44-50(37,38)48-52(41,42)49-51(39,40)45-4-9-13(34)15(43-2)21(47-9)31-6-27-10-16(23)25-5-26-17(10)31/h5-9,12-15,20-21,33-35H,3-4H2,1-2H3,(H7-,23,24,25,26,28,29,36,37,38,39,40,41,42)/p-2. The van der Waals surface area contributed by atoms with Gasteiger partial charge in [0.15, 0.2) is 24.0 Å². The van der Waals surface area contributed by atoms with Crippen molar-refractivity contribution in [2.45, 2.75) is 49.1 Å². The van der Waals surface area contributed by atoms with Gasteiger partial charge in [0, 0.05) is 7.11 Å². The summed E-state index contributed by atoms with van der Waals surface area (Å²) < 4.78 is 73.9. The van der Waals surface area contributed by atoms with Crippen LogP contribution in [0.3, 0.4) is 0 Å². The van der Waals surface area contributed by atoms with Gasteiger partial charge in [-0.15, -0.1) is 0 Å². The summed E-state index contributed by atoms with van der Waals surface area (Å²) in [6, 6.07) is 0. The van der Waals surface area contributed by atoms with Crippen molar-refractivity contribution < 1.29 is 80.1 Å². The topological polar surface area (TPSA) is 396 Å². The van der Waals surface area contributed by atoms with E-state index in [9.17, 15) is 48.5 Å². The lowest BCUT2D eigenvalue weighted by atomic mass is 10.1. The number of aromatic nitrogens is 8. The summed E-state index contributed by atoms with van der Waals surface area (Å²) in [6.07, 6.45) is -8.46. The van der Waals surface area contributed by atoms with Crippen LogP contribution >= 0.6 is 23.5 Å². The zero-order valence-electron chi connectivity index (χ0n) is 26.4. The number of nitrogens with one attached hydrogen (secondary N) is 1. The number of phosphoric ester groups is 2. The first-order chi connectivity index (χ1) is 24.3. The Morgan fingerprint density at radius 3 is 2.23 bits per heavy atom. The van der Waals surface area contributed by atoms with E-state index in [2.05, 4.69) is 42.6 Å². The number of aliphatic hydroxyl groups is 3. The monoisotopic (exact) mass is 798 g/mol. The summed E-state index contributed by atoms with van der Waals surface area (Å²) >= 11 is 0. The number of H-pyrrole nitrogens is 1. The number of rotatable bonds is 13. The van der Waals surface area contributed by atoms with Crippen molar-refractivity contribution in [3.05, 3.63) is 29.3 Å². The molecule has 0 bridgehead atoms. The molecule has 6 rings (SSSR count). The predicted octanol–water partition coefficient (Wildman–Crippen LogP) is -5.08. The van der Waals surface area contributed by atoms with Crippen molar-refractivity contribution in [3.8, 4) is 0 Å². The number of aryl methyl sites for hydroxylation is 1. The van der Waals surface area contributed by atoms with Gasteiger partial charge in [0.1, 0.15) is 48.5 Å². The summed E-state index contributed by atoms with van der Waals surface area (Å²) in [5.41, 5.74) is 11.0. The lowest BCUT2D eigenvalue weighted by Crippen LogP contribution is -2.46. The summed E-state index contributed by atoms with van der Waals surface area (Å²) in [5.74, 6) is -0.249. The Morgan fingerprint density at radius 2 is 1.60 bits per heavy atom. The number of nitrogens with zero attached hydrogens (tertiary/aromatic N) is 7. The molecule has 286 valence electrons. The molecule has 2 aliphatic rings. The molecule has 52 heavy (non-hydrogen) atoms. The number of methoxy groups -OCH3 is 1. The van der Waals surface area contributed by atoms with Crippen LogP contribution < -0.4 is 36.3 Å². The first-order valence-corrected chi connectivity index (χ1v) is 18.9. The Bertz CT molecular complexity index is 2180. The van der Waals surface area contributed by atoms with E-state index in [-0.39, 0.29) is 34.1 Å². The number of aromatic amines is 1. The maximum Gasteiger partial charge on any atom is 0.313 e. The van der Waals surface area contributed by atoms with Gasteiger partial charge < -0.3 is 64.7 Å². The van der Waals surface area contributed by atoms with Crippen LogP contribution in [0.25, 0.3) is 22.3 Å². The van der Waals surface area contributed by atoms with Crippen LogP contribution in [-0.4, -0.2) is 106 Å². The number of nitrogen functional groups attached to an aromatic ring is 2. The summed E-state index contributed by atoms with van der Waals surface area (Å²) in [7, 11) is -15.6. The maximum atomic E-state index is 12.4. The van der Waals surface area contributed by atoms with E-state index in [0.717, 1.165) is 10.9 Å². The fourth-order valence-corrected chi connectivity index (χ4v) is 8.96. The van der Waals surface area contributed by atoms with E-state index in [4.69, 9.17) is 25.7 Å². The molecule has 30 heteroatoms. The van der Waals surface area contributed by atoms with E-state index < -0.39 is 91.3 Å². The predicted molar refractivity (Wildman–Crippen MR) is 159 cm³/mol. The molecule has 0 radical (unpaired) electrons. The van der Waals surface area contributed by atoms with Crippen LogP contribution in [0.15, 0.2) is 23.8 Å². The second kappa shape index (κ2) is 14.1. The number of imidazole rings is 2. The number of phosphoric acid groups is 3. The number of anilines is 2. The molecule has 2 saturated heterocycles. The minimum atomic E-state index is -6.33. The van der Waals surface area contributed by atoms with E-state index in [1.54, 1.807) is 0 Å². The van der Waals surface area contributed by atoms with Gasteiger partial charge in [0.25, 0.3) is 35.0 Å². The van der Waals surface area contributed by atoms with Crippen LogP contribution in [0.5, 0.6) is 0 Å². The van der Waals surface area contributed by atoms with Gasteiger partial charge in [0.05, 0.1) is 26.6 Å². The third-order valence-corrected chi connectivity index (χ3v) is 12.0. The van der Waals surface area contributed by atoms with Crippen molar-refractivity contribution in [1.29, 1.82) is 0 Å². The molecule has 27 nitrogen and oxygen atoms in total. The maximum absolute atomic E-state index is 12.4. The van der Waals surface area contributed by atoms with Crippen LogP contribution in [0.1, 0.15) is 12.5 Å². The highest BCUT2D eigenvalue weighted by molar-refractivity contribution is 7.65. The molecule has 4 aromatic rings. The van der Waals surface area contributed by atoms with Gasteiger partial charge in [-0.2, -0.15) is 0 Å². The molecule has 0 aromatic carbocycles. The second-order valence-corrected chi connectivity index (χ2v) is 15.7. The SMILES string of the molecule is COC1C(O)C(COP(=O)([O-])OP(=O)([O-])OP(=O)([O-])OCC2OC([n+]3cn(C)c4c(=O)[nH]c(N)nc43)C(O)C2O)OC1n1cnc2c(N)ncnc21. The molecule has 0 amide bonds. The number of aliphatic hydroxyl groups excluding tert-OH is 3. The summed E-state index contributed by atoms with van der Waals surface area (Å²) in [6.45, 7) is -2.22. The smallest absolute Gasteiger partial charge is 0.313 e. The average molecular weight is 798 g/mol. The van der Waals surface area contributed by atoms with Gasteiger partial charge in [-0.3, -0.25) is 32.6 Å². The molecule has 0 spiro atoms. The molecule has 11 atom stereocenters. The molecular weight excluding hydrogens is 769 g/mol. The Labute approximate surface area is 289 Å². The minimum Gasteiger partial charge on any atom is -0.756 e. The number of fused-ring (bicyclic) bond motifs is 2. The molecular formula is C22H29N10O17P3-2. The summed E-state index contributed by atoms with van der Waals surface area (Å²) in [5, 5.41) is 31.8. The third-order valence-electron chi connectivity index (χ3n) is 7.84. The van der Waals surface area contributed by atoms with Crippen molar-refractivity contribution in [3.63, 3.8) is 0 Å². The molecule has 4 aromatic heterocycles. The largest absolute Gasteiger partial charge is 0.756 e. The van der Waals surface area contributed by atoms with Crippen LogP contribution in [0.4, 0.5) is 11.8 Å². The van der Waals surface area contributed by atoms with Crippen molar-refractivity contribution in [1.82, 2.24) is 34.1 Å². The van der Waals surface area contributed by atoms with E-state index in [0.29, 0.717) is 0 Å². The molecule has 0 aliphatic carbocycles. The van der Waals surface area contributed by atoms with E-state index in [1.165, 1.54) is 35.9 Å². The van der Waals surface area contributed by atoms with Gasteiger partial charge >= 0.3 is 5.65 Å². The first-order valence-electron chi connectivity index (χ1n) is 14.5. The van der Waals surface area contributed by atoms with Crippen LogP contribution in [0, 0.1) is 0 Å². The number of nitrogens with two attached hydrogens (primary N) is 2. The number of hydrogen-bond donors (Lipinski definition) is 6. The van der Waals surface area contributed by atoms with Gasteiger partial charge in [-0.25, -0.2) is 28.1 Å². The average Bonchev–Trinajstić information content (AvgIpc) is 3.77. The molecule has 2 fully saturated rings. The Balaban J connectivity index is 1.05. The molecule has 11 unspecified atom stereocenters. The zero-order chi connectivity index (χ0) is 37.9. The molecule has 6 heterocycles. The third kappa shape index (κ3) is 7.53. The minimum absolute atomic E-state index is 0.00232. The van der Waals surface area contributed by atoms with Crippen molar-refractivity contribution >= 4 is 57.6 Å². The highest BCUT2D eigenvalue weighted by Gasteiger charge is 2.48. The number of hydrogen-bond acceptors (Lipinski definition) is 23. The number of ether oxygens (including phenoxy) is 3. The lowest BCUT2D eigenvalue weighted by Gasteiger charge is -2.34.